The molecule has 3 aromatic heterocycles. The van der Waals surface area contributed by atoms with E-state index in [1.54, 1.807) is 18.0 Å². The van der Waals surface area contributed by atoms with E-state index in [4.69, 9.17) is 8.94 Å². The Morgan fingerprint density at radius 2 is 2.23 bits per heavy atom. The molecule has 0 aliphatic heterocycles. The predicted molar refractivity (Wildman–Crippen MR) is 83.5 cm³/mol. The number of aryl methyl sites for hydroxylation is 2. The molecule has 3 rings (SSSR count). The molecule has 0 atom stereocenters. The standard InChI is InChI=1S/C15H16N4O2S/c1-4-6-19-14(13-5-7-20-11(13)3)16-17-15(19)22-9-12-8-10(2)21-18-12/h4-5,7-8H,1,6,9H2,2-3H3. The van der Waals surface area contributed by atoms with E-state index in [0.717, 1.165) is 33.8 Å². The molecule has 0 saturated heterocycles. The lowest BCUT2D eigenvalue weighted by atomic mass is 10.2. The monoisotopic (exact) mass is 316 g/mol. The van der Waals surface area contributed by atoms with Gasteiger partial charge in [0.2, 0.25) is 0 Å². The molecule has 3 aromatic rings. The summed E-state index contributed by atoms with van der Waals surface area (Å²) in [6.07, 6.45) is 3.48. The second-order valence-electron chi connectivity index (χ2n) is 4.81. The van der Waals surface area contributed by atoms with Gasteiger partial charge < -0.3 is 8.94 Å². The van der Waals surface area contributed by atoms with Gasteiger partial charge in [0.05, 0.1) is 17.5 Å². The summed E-state index contributed by atoms with van der Waals surface area (Å²) in [5.74, 6) is 3.08. The number of aromatic nitrogens is 4. The third-order valence-corrected chi connectivity index (χ3v) is 4.15. The number of hydrogen-bond acceptors (Lipinski definition) is 6. The molecule has 0 aromatic carbocycles. The van der Waals surface area contributed by atoms with Gasteiger partial charge in [-0.3, -0.25) is 4.57 Å². The van der Waals surface area contributed by atoms with E-state index in [2.05, 4.69) is 21.9 Å². The fraction of sp³-hybridized carbons (Fsp3) is 0.267. The molecular formula is C15H16N4O2S. The van der Waals surface area contributed by atoms with Crippen molar-refractivity contribution in [2.24, 2.45) is 0 Å². The van der Waals surface area contributed by atoms with E-state index in [-0.39, 0.29) is 0 Å². The van der Waals surface area contributed by atoms with Crippen molar-refractivity contribution in [1.29, 1.82) is 0 Å². The van der Waals surface area contributed by atoms with Crippen molar-refractivity contribution in [3.05, 3.63) is 48.3 Å². The molecule has 22 heavy (non-hydrogen) atoms. The third kappa shape index (κ3) is 2.85. The molecule has 7 heteroatoms. The highest BCUT2D eigenvalue weighted by molar-refractivity contribution is 7.98. The molecule has 0 spiro atoms. The lowest BCUT2D eigenvalue weighted by molar-refractivity contribution is 0.393. The lowest BCUT2D eigenvalue weighted by Gasteiger charge is -2.06. The van der Waals surface area contributed by atoms with Crippen LogP contribution >= 0.6 is 11.8 Å². The van der Waals surface area contributed by atoms with E-state index in [9.17, 15) is 0 Å². The molecule has 0 aliphatic rings. The van der Waals surface area contributed by atoms with Gasteiger partial charge in [0.15, 0.2) is 11.0 Å². The Bertz CT molecular complexity index is 787. The first-order valence-corrected chi connectivity index (χ1v) is 7.81. The van der Waals surface area contributed by atoms with Crippen molar-refractivity contribution in [2.45, 2.75) is 31.3 Å². The summed E-state index contributed by atoms with van der Waals surface area (Å²) in [6, 6.07) is 3.82. The molecule has 0 saturated carbocycles. The van der Waals surface area contributed by atoms with E-state index < -0.39 is 0 Å². The van der Waals surface area contributed by atoms with Crippen LogP contribution < -0.4 is 0 Å². The second kappa shape index (κ2) is 6.23. The minimum atomic E-state index is 0.632. The highest BCUT2D eigenvalue weighted by Gasteiger charge is 2.17. The van der Waals surface area contributed by atoms with Gasteiger partial charge in [-0.1, -0.05) is 23.0 Å². The number of nitrogens with zero attached hydrogens (tertiary/aromatic N) is 4. The van der Waals surface area contributed by atoms with Gasteiger partial charge in [-0.15, -0.1) is 16.8 Å². The van der Waals surface area contributed by atoms with Crippen LogP contribution in [0, 0.1) is 13.8 Å². The summed E-state index contributed by atoms with van der Waals surface area (Å²) in [5.41, 5.74) is 1.83. The SMILES string of the molecule is C=CCn1c(SCc2cc(C)on2)nnc1-c1ccoc1C. The lowest BCUT2D eigenvalue weighted by Crippen LogP contribution is -2.00. The summed E-state index contributed by atoms with van der Waals surface area (Å²) >= 11 is 1.57. The maximum atomic E-state index is 5.36. The van der Waals surface area contributed by atoms with Gasteiger partial charge in [-0.05, 0) is 19.9 Å². The number of furan rings is 1. The zero-order chi connectivity index (χ0) is 15.5. The molecule has 0 fully saturated rings. The van der Waals surface area contributed by atoms with Crippen LogP contribution in [0.15, 0.2) is 45.1 Å². The van der Waals surface area contributed by atoms with E-state index in [1.165, 1.54) is 0 Å². The first-order chi connectivity index (χ1) is 10.7. The normalized spacial score (nSPS) is 11.0. The number of thioether (sulfide) groups is 1. The number of hydrogen-bond donors (Lipinski definition) is 0. The van der Waals surface area contributed by atoms with Gasteiger partial charge in [-0.25, -0.2) is 0 Å². The van der Waals surface area contributed by atoms with E-state index in [0.29, 0.717) is 12.3 Å². The zero-order valence-corrected chi connectivity index (χ0v) is 13.3. The molecule has 0 aliphatic carbocycles. The van der Waals surface area contributed by atoms with Gasteiger partial charge in [0.1, 0.15) is 11.5 Å². The average molecular weight is 316 g/mol. The van der Waals surface area contributed by atoms with Gasteiger partial charge in [0, 0.05) is 18.4 Å². The van der Waals surface area contributed by atoms with Crippen molar-refractivity contribution in [1.82, 2.24) is 19.9 Å². The largest absolute Gasteiger partial charge is 0.469 e. The first-order valence-electron chi connectivity index (χ1n) is 6.82. The van der Waals surface area contributed by atoms with Crippen molar-refractivity contribution in [2.75, 3.05) is 0 Å². The van der Waals surface area contributed by atoms with E-state index >= 15 is 0 Å². The van der Waals surface area contributed by atoms with Crippen molar-refractivity contribution < 1.29 is 8.94 Å². The number of allylic oxidation sites excluding steroid dienone is 1. The summed E-state index contributed by atoms with van der Waals surface area (Å²) in [6.45, 7) is 8.22. The van der Waals surface area contributed by atoms with Crippen molar-refractivity contribution in [3.63, 3.8) is 0 Å². The van der Waals surface area contributed by atoms with Gasteiger partial charge in [0.25, 0.3) is 0 Å². The minimum absolute atomic E-state index is 0.632. The molecule has 0 radical (unpaired) electrons. The second-order valence-corrected chi connectivity index (χ2v) is 5.76. The Labute approximate surface area is 132 Å². The van der Waals surface area contributed by atoms with Crippen LogP contribution in [0.2, 0.25) is 0 Å². The molecule has 0 N–H and O–H groups in total. The smallest absolute Gasteiger partial charge is 0.192 e. The molecular weight excluding hydrogens is 300 g/mol. The Morgan fingerprint density at radius 1 is 1.36 bits per heavy atom. The maximum absolute atomic E-state index is 5.36. The van der Waals surface area contributed by atoms with Crippen molar-refractivity contribution in [3.8, 4) is 11.4 Å². The average Bonchev–Trinajstić information content (AvgIpc) is 3.18. The summed E-state index contributed by atoms with van der Waals surface area (Å²) < 4.78 is 12.4. The summed E-state index contributed by atoms with van der Waals surface area (Å²) in [4.78, 5) is 0. The van der Waals surface area contributed by atoms with Gasteiger partial charge >= 0.3 is 0 Å². The summed E-state index contributed by atoms with van der Waals surface area (Å²) in [5, 5.41) is 13.4. The Balaban J connectivity index is 1.86. The fourth-order valence-corrected chi connectivity index (χ4v) is 2.96. The Kier molecular flexibility index (Phi) is 4.15. The van der Waals surface area contributed by atoms with Crippen LogP contribution in [0.4, 0.5) is 0 Å². The third-order valence-electron chi connectivity index (χ3n) is 3.15. The number of rotatable bonds is 6. The molecule has 0 bridgehead atoms. The first kappa shape index (κ1) is 14.6. The molecule has 0 unspecified atom stereocenters. The van der Waals surface area contributed by atoms with Crippen LogP contribution in [0.1, 0.15) is 17.2 Å². The molecule has 0 amide bonds. The van der Waals surface area contributed by atoms with Crippen LogP contribution in [-0.4, -0.2) is 19.9 Å². The van der Waals surface area contributed by atoms with Gasteiger partial charge in [-0.2, -0.15) is 0 Å². The van der Waals surface area contributed by atoms with E-state index in [1.807, 2.05) is 36.6 Å². The highest BCUT2D eigenvalue weighted by atomic mass is 32.2. The molecule has 3 heterocycles. The molecule has 6 nitrogen and oxygen atoms in total. The maximum Gasteiger partial charge on any atom is 0.192 e. The Morgan fingerprint density at radius 3 is 2.86 bits per heavy atom. The van der Waals surface area contributed by atoms with Crippen LogP contribution in [-0.2, 0) is 12.3 Å². The molecule has 114 valence electrons. The van der Waals surface area contributed by atoms with Crippen LogP contribution in [0.5, 0.6) is 0 Å². The predicted octanol–water partition coefficient (Wildman–Crippen LogP) is 3.62. The topological polar surface area (TPSA) is 69.9 Å². The minimum Gasteiger partial charge on any atom is -0.469 e. The fourth-order valence-electron chi connectivity index (χ4n) is 2.13. The zero-order valence-electron chi connectivity index (χ0n) is 12.4. The van der Waals surface area contributed by atoms with Crippen LogP contribution in [0.25, 0.3) is 11.4 Å². The van der Waals surface area contributed by atoms with Crippen LogP contribution in [0.3, 0.4) is 0 Å². The highest BCUT2D eigenvalue weighted by Crippen LogP contribution is 2.28. The van der Waals surface area contributed by atoms with Crippen molar-refractivity contribution >= 4 is 11.8 Å². The quantitative estimate of drug-likeness (QED) is 0.511. The summed E-state index contributed by atoms with van der Waals surface area (Å²) in [7, 11) is 0. The Hall–Kier alpha value is -2.28.